The van der Waals surface area contributed by atoms with Gasteiger partial charge in [-0.2, -0.15) is 26.3 Å². The van der Waals surface area contributed by atoms with E-state index in [1.165, 1.54) is 0 Å². The largest absolute Gasteiger partial charge is 0.417 e. The van der Waals surface area contributed by atoms with Crippen LogP contribution in [0.3, 0.4) is 0 Å². The van der Waals surface area contributed by atoms with Crippen LogP contribution >= 0.6 is 15.9 Å². The van der Waals surface area contributed by atoms with Crippen molar-refractivity contribution >= 4 is 21.7 Å². The molecule has 8 heteroatoms. The average Bonchev–Trinajstić information content (AvgIpc) is 2.12. The topological polar surface area (TPSA) is 17.1 Å². The van der Waals surface area contributed by atoms with E-state index in [1.807, 2.05) is 0 Å². The summed E-state index contributed by atoms with van der Waals surface area (Å²) in [4.78, 5) is 11.1. The van der Waals surface area contributed by atoms with E-state index >= 15 is 0 Å². The molecular formula is C10H5BrF6O. The van der Waals surface area contributed by atoms with Crippen LogP contribution < -0.4 is 0 Å². The first-order valence-electron chi connectivity index (χ1n) is 4.43. The van der Waals surface area contributed by atoms with Crippen molar-refractivity contribution < 1.29 is 31.1 Å². The van der Waals surface area contributed by atoms with Crippen molar-refractivity contribution in [3.05, 3.63) is 33.3 Å². The molecule has 0 spiro atoms. The summed E-state index contributed by atoms with van der Waals surface area (Å²) in [6, 6.07) is 0.901. The SMILES string of the molecule is CC(=O)c1c(C(F)(F)F)cc(Br)cc1C(F)(F)F. The normalized spacial score (nSPS) is 12.7. The van der Waals surface area contributed by atoms with E-state index < -0.39 is 39.3 Å². The van der Waals surface area contributed by atoms with Gasteiger partial charge in [-0.3, -0.25) is 4.79 Å². The summed E-state index contributed by atoms with van der Waals surface area (Å²) in [5, 5.41) is 0. The van der Waals surface area contributed by atoms with Gasteiger partial charge in [-0.15, -0.1) is 0 Å². The van der Waals surface area contributed by atoms with Gasteiger partial charge in [0.05, 0.1) is 11.1 Å². The molecule has 0 aromatic heterocycles. The van der Waals surface area contributed by atoms with E-state index in [9.17, 15) is 31.1 Å². The van der Waals surface area contributed by atoms with Gasteiger partial charge in [0.25, 0.3) is 0 Å². The highest BCUT2D eigenvalue weighted by molar-refractivity contribution is 9.10. The van der Waals surface area contributed by atoms with Crippen molar-refractivity contribution in [1.29, 1.82) is 0 Å². The molecule has 100 valence electrons. The molecule has 1 aromatic rings. The third kappa shape index (κ3) is 3.04. The van der Waals surface area contributed by atoms with Crippen molar-refractivity contribution in [3.63, 3.8) is 0 Å². The van der Waals surface area contributed by atoms with Crippen LogP contribution in [0.5, 0.6) is 0 Å². The molecule has 0 unspecified atom stereocenters. The lowest BCUT2D eigenvalue weighted by Crippen LogP contribution is -2.19. The number of Topliss-reactive ketones (excluding diaryl/α,β-unsaturated/α-hetero) is 1. The summed E-state index contributed by atoms with van der Waals surface area (Å²) in [6.45, 7) is 0.660. The molecule has 0 aliphatic carbocycles. The highest BCUT2D eigenvalue weighted by Crippen LogP contribution is 2.41. The van der Waals surface area contributed by atoms with Gasteiger partial charge >= 0.3 is 12.4 Å². The summed E-state index contributed by atoms with van der Waals surface area (Å²) < 4.78 is 75.3. The van der Waals surface area contributed by atoms with Crippen LogP contribution in [0.4, 0.5) is 26.3 Å². The molecule has 0 heterocycles. The molecule has 0 amide bonds. The van der Waals surface area contributed by atoms with Crippen LogP contribution in [-0.4, -0.2) is 5.78 Å². The number of carbonyl (C=O) groups is 1. The van der Waals surface area contributed by atoms with E-state index in [4.69, 9.17) is 0 Å². The van der Waals surface area contributed by atoms with Gasteiger partial charge in [-0.25, -0.2) is 0 Å². The lowest BCUT2D eigenvalue weighted by molar-refractivity contribution is -0.143. The highest BCUT2D eigenvalue weighted by Gasteiger charge is 2.42. The standard InChI is InChI=1S/C10H5BrF6O/c1-4(18)8-6(9(12,13)14)2-5(11)3-7(8)10(15,16)17/h2-3H,1H3. The van der Waals surface area contributed by atoms with Gasteiger partial charge in [-0.1, -0.05) is 15.9 Å². The van der Waals surface area contributed by atoms with Gasteiger partial charge in [0.15, 0.2) is 5.78 Å². The second kappa shape index (κ2) is 4.56. The Kier molecular flexibility index (Phi) is 3.81. The molecule has 0 saturated heterocycles. The Balaban J connectivity index is 3.74. The van der Waals surface area contributed by atoms with Crippen LogP contribution in [0.25, 0.3) is 0 Å². The Morgan fingerprint density at radius 3 is 1.56 bits per heavy atom. The van der Waals surface area contributed by atoms with Gasteiger partial charge in [0, 0.05) is 10.0 Å². The molecule has 0 radical (unpaired) electrons. The molecule has 1 rings (SSSR count). The fraction of sp³-hybridized carbons (Fsp3) is 0.300. The second-order valence-corrected chi connectivity index (χ2v) is 4.34. The van der Waals surface area contributed by atoms with E-state index in [2.05, 4.69) is 15.9 Å². The maximum atomic E-state index is 12.6. The van der Waals surface area contributed by atoms with Crippen LogP contribution in [-0.2, 0) is 12.4 Å². The Hall–Kier alpha value is -1.05. The zero-order chi connectivity index (χ0) is 14.3. The van der Waals surface area contributed by atoms with E-state index in [0.717, 1.165) is 0 Å². The van der Waals surface area contributed by atoms with Gasteiger partial charge in [-0.05, 0) is 19.1 Å². The molecule has 0 atom stereocenters. The summed E-state index contributed by atoms with van der Waals surface area (Å²) in [5.74, 6) is -1.29. The van der Waals surface area contributed by atoms with Crippen molar-refractivity contribution in [2.45, 2.75) is 19.3 Å². The molecule has 1 nitrogen and oxygen atoms in total. The number of hydrogen-bond acceptors (Lipinski definition) is 1. The minimum Gasteiger partial charge on any atom is -0.294 e. The van der Waals surface area contributed by atoms with Crippen molar-refractivity contribution in [2.75, 3.05) is 0 Å². The van der Waals surface area contributed by atoms with Gasteiger partial charge in [0.2, 0.25) is 0 Å². The molecule has 1 aromatic carbocycles. The van der Waals surface area contributed by atoms with Crippen LogP contribution in [0.1, 0.15) is 28.4 Å². The van der Waals surface area contributed by atoms with Crippen molar-refractivity contribution in [2.24, 2.45) is 0 Å². The highest BCUT2D eigenvalue weighted by atomic mass is 79.9. The van der Waals surface area contributed by atoms with Crippen molar-refractivity contribution in [3.8, 4) is 0 Å². The molecule has 0 aliphatic rings. The Morgan fingerprint density at radius 1 is 1.00 bits per heavy atom. The molecule has 0 fully saturated rings. The summed E-state index contributed by atoms with van der Waals surface area (Å²) in [6.07, 6.45) is -10.1. The average molecular weight is 335 g/mol. The van der Waals surface area contributed by atoms with E-state index in [1.54, 1.807) is 0 Å². The maximum Gasteiger partial charge on any atom is 0.417 e. The molecule has 0 aliphatic heterocycles. The number of benzene rings is 1. The van der Waals surface area contributed by atoms with Crippen LogP contribution in [0.2, 0.25) is 0 Å². The third-order valence-corrected chi connectivity index (χ3v) is 2.52. The predicted octanol–water partition coefficient (Wildman–Crippen LogP) is 4.69. The lowest BCUT2D eigenvalue weighted by atomic mass is 9.97. The predicted molar refractivity (Wildman–Crippen MR) is 54.2 cm³/mol. The fourth-order valence-corrected chi connectivity index (χ4v) is 1.89. The fourth-order valence-electron chi connectivity index (χ4n) is 1.43. The number of hydrogen-bond donors (Lipinski definition) is 0. The van der Waals surface area contributed by atoms with Crippen LogP contribution in [0.15, 0.2) is 16.6 Å². The number of carbonyl (C=O) groups excluding carboxylic acids is 1. The van der Waals surface area contributed by atoms with Gasteiger partial charge in [0.1, 0.15) is 0 Å². The summed E-state index contributed by atoms with van der Waals surface area (Å²) >= 11 is 2.57. The zero-order valence-electron chi connectivity index (χ0n) is 8.71. The number of ketones is 1. The molecule has 0 bridgehead atoms. The summed E-state index contributed by atoms with van der Waals surface area (Å²) in [7, 11) is 0. The second-order valence-electron chi connectivity index (χ2n) is 3.43. The Morgan fingerprint density at radius 2 is 1.33 bits per heavy atom. The summed E-state index contributed by atoms with van der Waals surface area (Å²) in [5.41, 5.74) is -4.56. The minimum atomic E-state index is -5.04. The third-order valence-electron chi connectivity index (χ3n) is 2.07. The van der Waals surface area contributed by atoms with Gasteiger partial charge < -0.3 is 0 Å². The van der Waals surface area contributed by atoms with E-state index in [-0.39, 0.29) is 0 Å². The number of halogens is 7. The van der Waals surface area contributed by atoms with E-state index in [0.29, 0.717) is 19.1 Å². The monoisotopic (exact) mass is 334 g/mol. The minimum absolute atomic E-state index is 0.396. The van der Waals surface area contributed by atoms with Crippen molar-refractivity contribution in [1.82, 2.24) is 0 Å². The first-order valence-corrected chi connectivity index (χ1v) is 5.22. The lowest BCUT2D eigenvalue weighted by Gasteiger charge is -2.17. The maximum absolute atomic E-state index is 12.6. The molecular weight excluding hydrogens is 330 g/mol. The van der Waals surface area contributed by atoms with Crippen LogP contribution in [0, 0.1) is 0 Å². The smallest absolute Gasteiger partial charge is 0.294 e. The first kappa shape index (κ1) is 15.0. The molecule has 0 N–H and O–H groups in total. The Labute approximate surface area is 106 Å². The number of alkyl halides is 6. The Bertz CT molecular complexity index is 453. The first-order chi connectivity index (χ1) is 7.94. The quantitative estimate of drug-likeness (QED) is 0.538. The number of rotatable bonds is 1. The zero-order valence-corrected chi connectivity index (χ0v) is 10.3. The molecule has 0 saturated carbocycles. The molecule has 18 heavy (non-hydrogen) atoms.